The molecule has 1 N–H and O–H groups in total. The Morgan fingerprint density at radius 1 is 1.40 bits per heavy atom. The number of pyridine rings is 1. The van der Waals surface area contributed by atoms with Crippen molar-refractivity contribution in [3.63, 3.8) is 0 Å². The van der Waals surface area contributed by atoms with Crippen molar-refractivity contribution in [2.24, 2.45) is 0 Å². The van der Waals surface area contributed by atoms with Gasteiger partial charge in [-0.3, -0.25) is 4.79 Å². The van der Waals surface area contributed by atoms with Gasteiger partial charge in [-0.2, -0.15) is 0 Å². The van der Waals surface area contributed by atoms with Crippen LogP contribution in [0.15, 0.2) is 41.0 Å². The molecule has 0 spiro atoms. The molecule has 3 aromatic heterocycles. The van der Waals surface area contributed by atoms with Gasteiger partial charge in [-0.15, -0.1) is 11.3 Å². The fraction of sp³-hybridized carbons (Fsp3) is 0.0769. The van der Waals surface area contributed by atoms with Gasteiger partial charge >= 0.3 is 5.97 Å². The number of nitrogens with zero attached hydrogens (tertiary/aromatic N) is 3. The largest absolute Gasteiger partial charge is 0.478 e. The Labute approximate surface area is 117 Å². The normalized spacial score (nSPS) is 10.8. The van der Waals surface area contributed by atoms with Gasteiger partial charge in [0.1, 0.15) is 11.9 Å². The monoisotopic (exact) mass is 287 g/mol. The minimum Gasteiger partial charge on any atom is -0.478 e. The lowest BCUT2D eigenvalue weighted by Crippen LogP contribution is -2.21. The van der Waals surface area contributed by atoms with E-state index in [1.165, 1.54) is 28.4 Å². The lowest BCUT2D eigenvalue weighted by atomic mass is 10.2. The van der Waals surface area contributed by atoms with Crippen LogP contribution in [0, 0.1) is 0 Å². The molecule has 0 saturated carbocycles. The highest BCUT2D eigenvalue weighted by Gasteiger charge is 2.13. The van der Waals surface area contributed by atoms with Crippen molar-refractivity contribution in [2.75, 3.05) is 0 Å². The van der Waals surface area contributed by atoms with Crippen LogP contribution in [0.5, 0.6) is 0 Å². The van der Waals surface area contributed by atoms with Crippen LogP contribution in [0.3, 0.4) is 0 Å². The molecule has 20 heavy (non-hydrogen) atoms. The molecule has 6 nitrogen and oxygen atoms in total. The van der Waals surface area contributed by atoms with E-state index in [1.807, 2.05) is 11.4 Å². The molecule has 7 heteroatoms. The fourth-order valence-electron chi connectivity index (χ4n) is 1.95. The first-order chi connectivity index (χ1) is 9.66. The molecule has 0 bridgehead atoms. The third kappa shape index (κ3) is 2.08. The second-order valence-electron chi connectivity index (χ2n) is 4.14. The van der Waals surface area contributed by atoms with E-state index in [2.05, 4.69) is 9.97 Å². The van der Waals surface area contributed by atoms with E-state index >= 15 is 0 Å². The molecule has 0 saturated heterocycles. The molecule has 0 unspecified atom stereocenters. The molecule has 0 aliphatic rings. The van der Waals surface area contributed by atoms with Gasteiger partial charge in [0.2, 0.25) is 0 Å². The number of aromatic carboxylic acids is 1. The van der Waals surface area contributed by atoms with Gasteiger partial charge in [-0.05, 0) is 17.5 Å². The van der Waals surface area contributed by atoms with Crippen molar-refractivity contribution < 1.29 is 9.90 Å². The quantitative estimate of drug-likeness (QED) is 0.791. The molecular weight excluding hydrogens is 278 g/mol. The highest BCUT2D eigenvalue weighted by atomic mass is 32.1. The summed E-state index contributed by atoms with van der Waals surface area (Å²) >= 11 is 1.49. The van der Waals surface area contributed by atoms with Crippen molar-refractivity contribution in [1.82, 2.24) is 14.5 Å². The van der Waals surface area contributed by atoms with Crippen LogP contribution in [0.4, 0.5) is 0 Å². The van der Waals surface area contributed by atoms with Gasteiger partial charge in [-0.1, -0.05) is 0 Å². The summed E-state index contributed by atoms with van der Waals surface area (Å²) in [5.41, 5.74) is 0.160. The first kappa shape index (κ1) is 12.5. The molecule has 0 amide bonds. The number of hydrogen-bond acceptors (Lipinski definition) is 5. The molecule has 0 radical (unpaired) electrons. The molecule has 0 aliphatic carbocycles. The van der Waals surface area contributed by atoms with Crippen LogP contribution in [0.25, 0.3) is 10.1 Å². The lowest BCUT2D eigenvalue weighted by molar-refractivity contribution is 0.0694. The van der Waals surface area contributed by atoms with E-state index in [0.717, 1.165) is 4.70 Å². The summed E-state index contributed by atoms with van der Waals surface area (Å²) in [5, 5.41) is 11.6. The second-order valence-corrected chi connectivity index (χ2v) is 5.08. The van der Waals surface area contributed by atoms with E-state index in [4.69, 9.17) is 5.11 Å². The third-order valence-corrected chi connectivity index (χ3v) is 3.82. The number of fused-ring (bicyclic) bond motifs is 1. The highest BCUT2D eigenvalue weighted by Crippen LogP contribution is 2.16. The lowest BCUT2D eigenvalue weighted by Gasteiger charge is -2.07. The Morgan fingerprint density at radius 2 is 2.25 bits per heavy atom. The smallest absolute Gasteiger partial charge is 0.339 e. The maximum Gasteiger partial charge on any atom is 0.339 e. The zero-order valence-corrected chi connectivity index (χ0v) is 11.0. The number of carboxylic acids is 1. The number of aromatic nitrogens is 3. The first-order valence-electron chi connectivity index (χ1n) is 5.75. The zero-order chi connectivity index (χ0) is 14.1. The van der Waals surface area contributed by atoms with E-state index in [9.17, 15) is 9.59 Å². The highest BCUT2D eigenvalue weighted by molar-refractivity contribution is 7.17. The average Bonchev–Trinajstić information content (AvgIpc) is 2.91. The van der Waals surface area contributed by atoms with Crippen LogP contribution < -0.4 is 5.56 Å². The number of carboxylic acid groups (broad SMARTS) is 1. The van der Waals surface area contributed by atoms with E-state index in [-0.39, 0.29) is 17.7 Å². The average molecular weight is 287 g/mol. The maximum atomic E-state index is 12.3. The number of thiophene rings is 1. The molecule has 100 valence electrons. The molecule has 0 aliphatic heterocycles. The number of carbonyl (C=O) groups is 1. The summed E-state index contributed by atoms with van der Waals surface area (Å²) < 4.78 is 2.36. The summed E-state index contributed by atoms with van der Waals surface area (Å²) in [6.07, 6.45) is 4.16. The Bertz CT molecular complexity index is 853. The van der Waals surface area contributed by atoms with Gasteiger partial charge in [-0.25, -0.2) is 14.8 Å². The number of rotatable bonds is 3. The second kappa shape index (κ2) is 4.86. The summed E-state index contributed by atoms with van der Waals surface area (Å²) in [7, 11) is 0. The van der Waals surface area contributed by atoms with Crippen molar-refractivity contribution in [3.8, 4) is 0 Å². The van der Waals surface area contributed by atoms with Gasteiger partial charge in [0.25, 0.3) is 5.56 Å². The SMILES string of the molecule is O=C(O)c1cncnc1Cn1ccc2sccc2c1=O. The molecule has 0 atom stereocenters. The Hall–Kier alpha value is -2.54. The van der Waals surface area contributed by atoms with Crippen LogP contribution >= 0.6 is 11.3 Å². The number of hydrogen-bond donors (Lipinski definition) is 1. The summed E-state index contributed by atoms with van der Waals surface area (Å²) in [5.74, 6) is -1.11. The summed E-state index contributed by atoms with van der Waals surface area (Å²) in [4.78, 5) is 31.0. The van der Waals surface area contributed by atoms with Gasteiger partial charge < -0.3 is 9.67 Å². The third-order valence-electron chi connectivity index (χ3n) is 2.94. The predicted molar refractivity (Wildman–Crippen MR) is 74.2 cm³/mol. The van der Waals surface area contributed by atoms with Crippen molar-refractivity contribution in [1.29, 1.82) is 0 Å². The van der Waals surface area contributed by atoms with E-state index in [1.54, 1.807) is 12.3 Å². The molecular formula is C13H9N3O3S. The fourth-order valence-corrected chi connectivity index (χ4v) is 2.72. The Morgan fingerprint density at radius 3 is 3.05 bits per heavy atom. The van der Waals surface area contributed by atoms with Gasteiger partial charge in [0, 0.05) is 17.1 Å². The minimum absolute atomic E-state index is 0.00446. The van der Waals surface area contributed by atoms with Crippen LogP contribution in [0.2, 0.25) is 0 Å². The maximum absolute atomic E-state index is 12.3. The predicted octanol–water partition coefficient (Wildman–Crippen LogP) is 1.60. The Kier molecular flexibility index (Phi) is 3.03. The van der Waals surface area contributed by atoms with Crippen molar-refractivity contribution >= 4 is 27.4 Å². The van der Waals surface area contributed by atoms with Crippen LogP contribution in [-0.4, -0.2) is 25.6 Å². The van der Waals surface area contributed by atoms with Crippen LogP contribution in [0.1, 0.15) is 16.1 Å². The van der Waals surface area contributed by atoms with Crippen molar-refractivity contribution in [2.45, 2.75) is 6.54 Å². The summed E-state index contributed by atoms with van der Waals surface area (Å²) in [6, 6.07) is 3.60. The molecule has 3 aromatic rings. The standard InChI is InChI=1S/C13H9N3O3S/c17-12-8-2-4-20-11(8)1-3-16(12)6-10-9(13(18)19)5-14-7-15-10/h1-5,7H,6H2,(H,18,19). The zero-order valence-electron chi connectivity index (χ0n) is 10.2. The topological polar surface area (TPSA) is 85.1 Å². The van der Waals surface area contributed by atoms with Crippen LogP contribution in [-0.2, 0) is 6.54 Å². The molecule has 0 aromatic carbocycles. The Balaban J connectivity index is 2.08. The van der Waals surface area contributed by atoms with E-state index in [0.29, 0.717) is 11.1 Å². The van der Waals surface area contributed by atoms with Crippen molar-refractivity contribution in [3.05, 3.63) is 57.8 Å². The van der Waals surface area contributed by atoms with Gasteiger partial charge in [0.15, 0.2) is 0 Å². The first-order valence-corrected chi connectivity index (χ1v) is 6.63. The molecule has 0 fully saturated rings. The minimum atomic E-state index is -1.11. The molecule has 3 rings (SSSR count). The van der Waals surface area contributed by atoms with Gasteiger partial charge in [0.05, 0.1) is 17.6 Å². The molecule has 3 heterocycles. The van der Waals surface area contributed by atoms with E-state index < -0.39 is 5.97 Å². The summed E-state index contributed by atoms with van der Waals surface area (Å²) in [6.45, 7) is 0.106.